The molecule has 8 aliphatic rings. The van der Waals surface area contributed by atoms with Crippen LogP contribution in [0.15, 0.2) is 97.1 Å². The van der Waals surface area contributed by atoms with Gasteiger partial charge in [0.2, 0.25) is 20.0 Å². The fourth-order valence-electron chi connectivity index (χ4n) is 15.9. The summed E-state index contributed by atoms with van der Waals surface area (Å²) < 4.78 is 71.0. The van der Waals surface area contributed by atoms with E-state index in [2.05, 4.69) is 71.2 Å². The quantitative estimate of drug-likeness (QED) is 0.139. The Morgan fingerprint density at radius 3 is 1.33 bits per heavy atom. The van der Waals surface area contributed by atoms with Crippen LogP contribution in [0.3, 0.4) is 0 Å². The zero-order valence-electron chi connectivity index (χ0n) is 52.4. The second kappa shape index (κ2) is 24.8. The monoisotopic (exact) mass is 1280 g/mol. The van der Waals surface area contributed by atoms with Crippen molar-refractivity contribution in [2.75, 3.05) is 49.2 Å². The number of ether oxygens (including phenoxy) is 2. The van der Waals surface area contributed by atoms with E-state index in [0.29, 0.717) is 63.7 Å². The highest BCUT2D eigenvalue weighted by molar-refractivity contribution is 7.91. The summed E-state index contributed by atoms with van der Waals surface area (Å²) in [5.74, 6) is 0.186. The summed E-state index contributed by atoms with van der Waals surface area (Å²) in [7, 11) is -7.88. The molecule has 476 valence electrons. The van der Waals surface area contributed by atoms with Crippen LogP contribution < -0.4 is 28.7 Å². The largest absolute Gasteiger partial charge is 0.490 e. The Morgan fingerprint density at radius 1 is 0.568 bits per heavy atom. The number of benzene rings is 4. The van der Waals surface area contributed by atoms with Crippen molar-refractivity contribution in [2.24, 2.45) is 47.3 Å². The molecular formula is C70H90Cl2N4O10S2. The molecule has 0 radical (unpaired) electrons. The molecule has 4 aromatic rings. The van der Waals surface area contributed by atoms with E-state index in [9.17, 15) is 36.6 Å². The average molecular weight is 1280 g/mol. The molecule has 4 aromatic carbocycles. The van der Waals surface area contributed by atoms with Crippen molar-refractivity contribution in [1.29, 1.82) is 0 Å². The molecule has 2 spiro atoms. The molecule has 4 heterocycles. The first-order valence-electron chi connectivity index (χ1n) is 32.2. The van der Waals surface area contributed by atoms with Crippen molar-refractivity contribution in [1.82, 2.24) is 9.44 Å². The lowest BCUT2D eigenvalue weighted by molar-refractivity contribution is -0.0759. The molecule has 2 amide bonds. The Kier molecular flexibility index (Phi) is 18.2. The van der Waals surface area contributed by atoms with Crippen LogP contribution in [0.25, 0.3) is 0 Å². The fraction of sp³-hybridized carbons (Fsp3) is 0.571. The lowest BCUT2D eigenvalue weighted by Gasteiger charge is -2.50. The van der Waals surface area contributed by atoms with E-state index in [1.807, 2.05) is 50.3 Å². The number of fused-ring (bicyclic) bond motifs is 8. The summed E-state index contributed by atoms with van der Waals surface area (Å²) in [6, 6.07) is 22.8. The maximum Gasteiger partial charge on any atom is 0.264 e. The van der Waals surface area contributed by atoms with Crippen LogP contribution in [-0.2, 0) is 43.7 Å². The topological polar surface area (TPSA) is 192 Å². The van der Waals surface area contributed by atoms with Gasteiger partial charge in [0.15, 0.2) is 0 Å². The van der Waals surface area contributed by atoms with Gasteiger partial charge < -0.3 is 29.5 Å². The molecule has 12 rings (SSSR count). The lowest BCUT2D eigenvalue weighted by atomic mass is 9.61. The van der Waals surface area contributed by atoms with E-state index in [1.165, 1.54) is 22.3 Å². The van der Waals surface area contributed by atoms with Gasteiger partial charge in [-0.3, -0.25) is 9.59 Å². The number of hydrogen-bond acceptors (Lipinski definition) is 12. The van der Waals surface area contributed by atoms with Gasteiger partial charge in [-0.25, -0.2) is 26.3 Å². The van der Waals surface area contributed by atoms with Gasteiger partial charge in [-0.15, -0.1) is 0 Å². The first-order valence-corrected chi connectivity index (χ1v) is 36.0. The minimum atomic E-state index is -3.94. The number of hydrogen-bond donors (Lipinski definition) is 4. The smallest absolute Gasteiger partial charge is 0.264 e. The number of allylic oxidation sites excluding steroid dienone is 2. The SMILES string of the molecule is CC(C)[C@@]1(O)/C=C/C[C@H](C)[C@@H](C)S(=O)(=O)NC(=O)c2ccc3c(c2)N(C[C@@H]2CC[C@H]21)C[C@@]1(CCCc2cc(Cl)ccc21)CO3.CC(C)[C@]1(O)/C=C/C[C@H](C)[C@@H](C)S(=O)(=O)NC(=O)c2ccc3c(c2)N(C[C@@H]2CC[C@H]21)C[C@@]1(CCCc2cc(Cl)ccc21)CO3. The van der Waals surface area contributed by atoms with E-state index in [1.54, 1.807) is 50.2 Å². The number of amides is 2. The Bertz CT molecular complexity index is 3380. The van der Waals surface area contributed by atoms with Crippen LogP contribution in [0.1, 0.15) is 163 Å². The zero-order chi connectivity index (χ0) is 62.9. The van der Waals surface area contributed by atoms with Gasteiger partial charge in [0.25, 0.3) is 11.8 Å². The molecule has 18 heteroatoms. The van der Waals surface area contributed by atoms with Crippen LogP contribution in [0.2, 0.25) is 10.0 Å². The van der Waals surface area contributed by atoms with E-state index in [0.717, 1.165) is 85.6 Å². The molecule has 14 nitrogen and oxygen atoms in total. The predicted molar refractivity (Wildman–Crippen MR) is 350 cm³/mol. The summed E-state index contributed by atoms with van der Waals surface area (Å²) >= 11 is 12.8. The second-order valence-corrected chi connectivity index (χ2v) is 33.1. The molecule has 88 heavy (non-hydrogen) atoms. The molecule has 4 bridgehead atoms. The van der Waals surface area contributed by atoms with Gasteiger partial charge in [-0.1, -0.05) is 101 Å². The summed E-state index contributed by atoms with van der Waals surface area (Å²) in [5.41, 5.74) is 4.59. The van der Waals surface area contributed by atoms with Crippen molar-refractivity contribution in [3.8, 4) is 11.5 Å². The van der Waals surface area contributed by atoms with Crippen LogP contribution >= 0.6 is 23.2 Å². The third-order valence-electron chi connectivity index (χ3n) is 22.2. The molecule has 2 fully saturated rings. The highest BCUT2D eigenvalue weighted by Crippen LogP contribution is 2.52. The molecule has 4 aliphatic heterocycles. The normalized spacial score (nSPS) is 34.2. The maximum atomic E-state index is 13.4. The van der Waals surface area contributed by atoms with Crippen LogP contribution in [0.4, 0.5) is 11.4 Å². The number of rotatable bonds is 2. The van der Waals surface area contributed by atoms with Gasteiger partial charge in [-0.05, 0) is 221 Å². The highest BCUT2D eigenvalue weighted by Gasteiger charge is 2.52. The average Bonchev–Trinajstić information content (AvgIpc) is 1.82. The molecule has 0 aromatic heterocycles. The number of carbonyl (C=O) groups excluding carboxylic acids is 2. The maximum absolute atomic E-state index is 13.4. The summed E-state index contributed by atoms with van der Waals surface area (Å²) in [5, 5.41) is 24.2. The number of anilines is 2. The van der Waals surface area contributed by atoms with Crippen molar-refractivity contribution < 1.29 is 46.1 Å². The number of nitrogens with one attached hydrogen (secondary N) is 2. The Hall–Kier alpha value is -5.10. The van der Waals surface area contributed by atoms with Gasteiger partial charge in [0.1, 0.15) is 11.5 Å². The summed E-state index contributed by atoms with van der Waals surface area (Å²) in [6.45, 7) is 19.0. The first kappa shape index (κ1) is 64.4. The fourth-order valence-corrected chi connectivity index (χ4v) is 18.8. The molecule has 2 saturated carbocycles. The number of carbonyl (C=O) groups is 2. The molecule has 4 aliphatic carbocycles. The summed E-state index contributed by atoms with van der Waals surface area (Å²) in [4.78, 5) is 31.5. The van der Waals surface area contributed by atoms with Gasteiger partial charge in [0.05, 0.1) is 46.3 Å². The van der Waals surface area contributed by atoms with Gasteiger partial charge in [-0.2, -0.15) is 0 Å². The van der Waals surface area contributed by atoms with E-state index < -0.39 is 53.6 Å². The van der Waals surface area contributed by atoms with E-state index >= 15 is 0 Å². The van der Waals surface area contributed by atoms with Crippen molar-refractivity contribution >= 4 is 66.4 Å². The minimum absolute atomic E-state index is 0.00569. The minimum Gasteiger partial charge on any atom is -0.490 e. The first-order chi connectivity index (χ1) is 41.7. The highest BCUT2D eigenvalue weighted by atomic mass is 35.5. The Balaban J connectivity index is 0.000000182. The third kappa shape index (κ3) is 12.3. The molecule has 0 unspecified atom stereocenters. The van der Waals surface area contributed by atoms with E-state index in [4.69, 9.17) is 32.7 Å². The molecule has 4 N–H and O–H groups in total. The molecular weight excluding hydrogens is 1190 g/mol. The van der Waals surface area contributed by atoms with Crippen molar-refractivity contribution in [3.63, 3.8) is 0 Å². The zero-order valence-corrected chi connectivity index (χ0v) is 55.5. The van der Waals surface area contributed by atoms with Gasteiger partial charge >= 0.3 is 0 Å². The van der Waals surface area contributed by atoms with Crippen molar-refractivity contribution in [2.45, 2.75) is 165 Å². The molecule has 0 saturated heterocycles. The Labute approximate surface area is 532 Å². The number of nitrogens with zero attached hydrogens (tertiary/aromatic N) is 2. The number of aliphatic hydroxyl groups is 2. The summed E-state index contributed by atoms with van der Waals surface area (Å²) in [6.07, 6.45) is 18.5. The predicted octanol–water partition coefficient (Wildman–Crippen LogP) is 12.5. The number of halogens is 2. The standard InChI is InChI=1S/2C35H45ClN2O5S/c2*1-22(2)35(40)16-5-7-23(3)24(4)44(41,42)37-33(39)26-10-14-32-31(18-26)38(19-27-9-12-30(27)35)20-34(21-43-32)15-6-8-25-17-28(36)11-13-29(25)34/h2*5,10-11,13-14,16-18,22-24,27,30,40H,6-9,12,15,19-21H2,1-4H3,(H,37,39)/b2*16-5+/t23-,24+,27-,30+,34-,35+;23-,24+,27-,30+,34-,35-/m00/s1. The van der Waals surface area contributed by atoms with Crippen LogP contribution in [0, 0.1) is 47.3 Å². The lowest BCUT2D eigenvalue weighted by Crippen LogP contribution is -2.54. The molecule has 12 atom stereocenters. The van der Waals surface area contributed by atoms with Crippen LogP contribution in [0.5, 0.6) is 11.5 Å². The van der Waals surface area contributed by atoms with Crippen LogP contribution in [-0.4, -0.2) is 100.0 Å². The van der Waals surface area contributed by atoms with E-state index in [-0.39, 0.29) is 69.3 Å². The number of sulfonamides is 2. The third-order valence-corrected chi connectivity index (χ3v) is 26.5. The van der Waals surface area contributed by atoms with Crippen molar-refractivity contribution in [3.05, 3.63) is 141 Å². The van der Waals surface area contributed by atoms with Gasteiger partial charge in [0, 0.05) is 58.2 Å². The number of aryl methyl sites for hydroxylation is 2. The second-order valence-electron chi connectivity index (χ2n) is 28.1. The Morgan fingerprint density at radius 2 is 0.966 bits per heavy atom.